The van der Waals surface area contributed by atoms with Gasteiger partial charge in [0.15, 0.2) is 0 Å². The average molecular weight is 597 g/mol. The van der Waals surface area contributed by atoms with Crippen LogP contribution in [0, 0.1) is 0 Å². The van der Waals surface area contributed by atoms with Gasteiger partial charge in [-0.3, -0.25) is 4.79 Å². The van der Waals surface area contributed by atoms with Crippen molar-refractivity contribution in [2.24, 2.45) is 0 Å². The van der Waals surface area contributed by atoms with Gasteiger partial charge in [0.25, 0.3) is 0 Å². The van der Waals surface area contributed by atoms with Crippen LogP contribution in [-0.2, 0) is 14.3 Å². The van der Waals surface area contributed by atoms with E-state index in [4.69, 9.17) is 9.47 Å². The van der Waals surface area contributed by atoms with Crippen LogP contribution in [0.15, 0.2) is 0 Å². The first-order valence-corrected chi connectivity index (χ1v) is 19.1. The Hall–Kier alpha value is -0.610. The molecule has 0 fully saturated rings. The van der Waals surface area contributed by atoms with Gasteiger partial charge in [0, 0.05) is 13.0 Å². The molecule has 4 nitrogen and oxygen atoms in total. The predicted molar refractivity (Wildman–Crippen MR) is 182 cm³/mol. The Bertz CT molecular complexity index is 509. The van der Waals surface area contributed by atoms with E-state index in [0.29, 0.717) is 19.6 Å². The molecule has 1 atom stereocenters. The van der Waals surface area contributed by atoms with E-state index < -0.39 is 6.10 Å². The summed E-state index contributed by atoms with van der Waals surface area (Å²) in [5.41, 5.74) is 0. The quantitative estimate of drug-likeness (QED) is 0.0577. The molecule has 1 unspecified atom stereocenters. The average Bonchev–Trinajstić information content (AvgIpc) is 3.00. The van der Waals surface area contributed by atoms with Crippen molar-refractivity contribution in [3.63, 3.8) is 0 Å². The predicted octanol–water partition coefficient (Wildman–Crippen LogP) is 12.0. The summed E-state index contributed by atoms with van der Waals surface area (Å²) in [6, 6.07) is 0. The normalized spacial score (nSPS) is 12.2. The molecule has 0 aromatic carbocycles. The summed E-state index contributed by atoms with van der Waals surface area (Å²) in [7, 11) is 0. The molecule has 0 aromatic heterocycles. The second kappa shape index (κ2) is 36.6. The molecule has 0 rings (SSSR count). The van der Waals surface area contributed by atoms with Crippen LogP contribution in [0.25, 0.3) is 0 Å². The fraction of sp³-hybridized carbons (Fsp3) is 0.974. The minimum absolute atomic E-state index is 0.166. The van der Waals surface area contributed by atoms with Crippen LogP contribution >= 0.6 is 0 Å². The fourth-order valence-electron chi connectivity index (χ4n) is 5.80. The Morgan fingerprint density at radius 1 is 0.476 bits per heavy atom. The number of hydrogen-bond acceptors (Lipinski definition) is 4. The molecule has 0 spiro atoms. The van der Waals surface area contributed by atoms with Crippen molar-refractivity contribution in [2.75, 3.05) is 19.8 Å². The molecule has 0 bridgehead atoms. The van der Waals surface area contributed by atoms with Gasteiger partial charge in [0.05, 0.1) is 13.2 Å². The van der Waals surface area contributed by atoms with Gasteiger partial charge in [-0.2, -0.15) is 0 Å². The Labute approximate surface area is 263 Å². The zero-order valence-electron chi connectivity index (χ0n) is 28.8. The molecule has 0 amide bonds. The van der Waals surface area contributed by atoms with Crippen LogP contribution in [0.3, 0.4) is 0 Å². The lowest BCUT2D eigenvalue weighted by atomic mass is 10.0. The van der Waals surface area contributed by atoms with Crippen molar-refractivity contribution >= 4 is 5.97 Å². The minimum atomic E-state index is -0.521. The third-order valence-corrected chi connectivity index (χ3v) is 8.68. The summed E-state index contributed by atoms with van der Waals surface area (Å²) in [6.07, 6.45) is 40.7. The highest BCUT2D eigenvalue weighted by atomic mass is 16.6. The van der Waals surface area contributed by atoms with Gasteiger partial charge in [-0.1, -0.05) is 194 Å². The summed E-state index contributed by atoms with van der Waals surface area (Å²) >= 11 is 0. The van der Waals surface area contributed by atoms with E-state index in [9.17, 15) is 9.90 Å². The van der Waals surface area contributed by atoms with Gasteiger partial charge in [-0.25, -0.2) is 0 Å². The number of carbonyl (C=O) groups is 1. The highest BCUT2D eigenvalue weighted by Gasteiger charge is 2.13. The third kappa shape index (κ3) is 33.9. The van der Waals surface area contributed by atoms with E-state index >= 15 is 0 Å². The van der Waals surface area contributed by atoms with Gasteiger partial charge >= 0.3 is 5.97 Å². The summed E-state index contributed by atoms with van der Waals surface area (Å²) < 4.78 is 11.0. The number of hydrogen-bond donors (Lipinski definition) is 1. The Balaban J connectivity index is 3.21. The number of rotatable bonds is 36. The van der Waals surface area contributed by atoms with E-state index in [1.807, 2.05) is 0 Å². The highest BCUT2D eigenvalue weighted by molar-refractivity contribution is 5.69. The Morgan fingerprint density at radius 3 is 1.12 bits per heavy atom. The summed E-state index contributed by atoms with van der Waals surface area (Å²) in [5.74, 6) is -0.214. The van der Waals surface area contributed by atoms with Crippen LogP contribution < -0.4 is 0 Å². The molecule has 0 aliphatic rings. The maximum absolute atomic E-state index is 11.8. The standard InChI is InChI=1S/C38H76O4/c1-3-5-7-9-10-11-12-13-14-15-16-17-18-19-20-21-22-23-24-25-26-27-28-29-30-32-34-41-36-37(35-39)42-38(40)33-31-8-6-4-2/h37,39H,3-36H2,1-2H3. The third-order valence-electron chi connectivity index (χ3n) is 8.68. The molecule has 4 heteroatoms. The van der Waals surface area contributed by atoms with Gasteiger partial charge in [-0.15, -0.1) is 0 Å². The van der Waals surface area contributed by atoms with E-state index in [1.165, 1.54) is 161 Å². The van der Waals surface area contributed by atoms with Gasteiger partial charge in [0.2, 0.25) is 0 Å². The van der Waals surface area contributed by atoms with Crippen LogP contribution in [0.4, 0.5) is 0 Å². The molecule has 0 aliphatic carbocycles. The fourth-order valence-corrected chi connectivity index (χ4v) is 5.80. The van der Waals surface area contributed by atoms with E-state index in [1.54, 1.807) is 0 Å². The number of aliphatic hydroxyl groups is 1. The first-order valence-electron chi connectivity index (χ1n) is 19.1. The molecule has 0 saturated heterocycles. The van der Waals surface area contributed by atoms with Crippen LogP contribution in [0.1, 0.15) is 213 Å². The lowest BCUT2D eigenvalue weighted by Gasteiger charge is -2.15. The van der Waals surface area contributed by atoms with Crippen molar-refractivity contribution in [2.45, 2.75) is 219 Å². The second-order valence-corrected chi connectivity index (χ2v) is 13.0. The van der Waals surface area contributed by atoms with Gasteiger partial charge in [0.1, 0.15) is 6.10 Å². The molecular formula is C38H76O4. The Kier molecular flexibility index (Phi) is 36.0. The Morgan fingerprint density at radius 2 is 0.786 bits per heavy atom. The van der Waals surface area contributed by atoms with Crippen molar-refractivity contribution in [3.05, 3.63) is 0 Å². The van der Waals surface area contributed by atoms with Gasteiger partial charge < -0.3 is 14.6 Å². The van der Waals surface area contributed by atoms with Crippen molar-refractivity contribution in [1.29, 1.82) is 0 Å². The summed E-state index contributed by atoms with van der Waals surface area (Å²) in [5, 5.41) is 9.43. The van der Waals surface area contributed by atoms with E-state index in [0.717, 1.165) is 32.1 Å². The van der Waals surface area contributed by atoms with Crippen LogP contribution in [-0.4, -0.2) is 37.0 Å². The summed E-state index contributed by atoms with van der Waals surface area (Å²) in [4.78, 5) is 11.8. The van der Waals surface area contributed by atoms with Crippen molar-refractivity contribution in [3.8, 4) is 0 Å². The van der Waals surface area contributed by atoms with Gasteiger partial charge in [-0.05, 0) is 12.8 Å². The van der Waals surface area contributed by atoms with Crippen LogP contribution in [0.5, 0.6) is 0 Å². The molecule has 42 heavy (non-hydrogen) atoms. The second-order valence-electron chi connectivity index (χ2n) is 13.0. The monoisotopic (exact) mass is 597 g/mol. The maximum atomic E-state index is 11.8. The zero-order valence-corrected chi connectivity index (χ0v) is 28.8. The van der Waals surface area contributed by atoms with E-state index in [2.05, 4.69) is 13.8 Å². The minimum Gasteiger partial charge on any atom is -0.457 e. The lowest BCUT2D eigenvalue weighted by Crippen LogP contribution is -2.27. The van der Waals surface area contributed by atoms with Crippen LogP contribution in [0.2, 0.25) is 0 Å². The number of aliphatic hydroxyl groups excluding tert-OH is 1. The largest absolute Gasteiger partial charge is 0.457 e. The van der Waals surface area contributed by atoms with E-state index in [-0.39, 0.29) is 12.6 Å². The van der Waals surface area contributed by atoms with Crippen molar-refractivity contribution in [1.82, 2.24) is 0 Å². The first-order chi connectivity index (χ1) is 20.7. The number of unbranched alkanes of at least 4 members (excludes halogenated alkanes) is 28. The SMILES string of the molecule is CCCCCCCCCCCCCCCCCCCCCCCCCCCCOCC(CO)OC(=O)CCCCCC. The summed E-state index contributed by atoms with van der Waals surface area (Å²) in [6.45, 7) is 5.27. The topological polar surface area (TPSA) is 55.8 Å². The number of ether oxygens (including phenoxy) is 2. The highest BCUT2D eigenvalue weighted by Crippen LogP contribution is 2.16. The zero-order chi connectivity index (χ0) is 30.6. The molecule has 0 radical (unpaired) electrons. The molecule has 0 saturated carbocycles. The smallest absolute Gasteiger partial charge is 0.306 e. The molecule has 0 aliphatic heterocycles. The number of esters is 1. The molecule has 252 valence electrons. The number of carbonyl (C=O) groups excluding carboxylic acids is 1. The maximum Gasteiger partial charge on any atom is 0.306 e. The van der Waals surface area contributed by atoms with Crippen molar-refractivity contribution < 1.29 is 19.4 Å². The lowest BCUT2D eigenvalue weighted by molar-refractivity contribution is -0.154. The molecular weight excluding hydrogens is 520 g/mol. The molecule has 0 aromatic rings. The first kappa shape index (κ1) is 41.4. The molecule has 0 heterocycles. The molecule has 1 N–H and O–H groups in total.